The van der Waals surface area contributed by atoms with Gasteiger partial charge < -0.3 is 19.8 Å². The molecule has 1 aromatic rings. The number of oxazole rings is 1. The maximum atomic E-state index is 5.98. The summed E-state index contributed by atoms with van der Waals surface area (Å²) in [5, 5.41) is 6.93. The quantitative estimate of drug-likeness (QED) is 0.640. The largest absolute Gasteiger partial charge is 0.444 e. The zero-order valence-electron chi connectivity index (χ0n) is 15.3. The van der Waals surface area contributed by atoms with Gasteiger partial charge in [-0.1, -0.05) is 12.8 Å². The summed E-state index contributed by atoms with van der Waals surface area (Å²) in [7, 11) is 1.81. The van der Waals surface area contributed by atoms with Gasteiger partial charge >= 0.3 is 0 Å². The number of nitrogens with one attached hydrogen (secondary N) is 2. The lowest BCUT2D eigenvalue weighted by atomic mass is 9.60. The molecule has 0 amide bonds. The van der Waals surface area contributed by atoms with Crippen molar-refractivity contribution in [2.45, 2.75) is 71.6 Å². The van der Waals surface area contributed by atoms with Gasteiger partial charge in [0.25, 0.3) is 0 Å². The third-order valence-electron chi connectivity index (χ3n) is 5.70. The average molecular weight is 334 g/mol. The second-order valence-corrected chi connectivity index (χ2v) is 6.99. The summed E-state index contributed by atoms with van der Waals surface area (Å²) in [6.45, 7) is 7.33. The standard InChI is InChI=1S/C18H30N4O2/c1-5-23-15-10-14(18(15)8-6-7-9-18)22-17(19-4)20-11-16-21-12(2)13(3)24-16/h14-15H,5-11H2,1-4H3,(H2,19,20,22). The summed E-state index contributed by atoms with van der Waals surface area (Å²) < 4.78 is 11.6. The van der Waals surface area contributed by atoms with Crippen molar-refractivity contribution in [1.29, 1.82) is 0 Å². The minimum Gasteiger partial charge on any atom is -0.444 e. The van der Waals surface area contributed by atoms with Crippen molar-refractivity contribution in [2.75, 3.05) is 13.7 Å². The topological polar surface area (TPSA) is 71.7 Å². The van der Waals surface area contributed by atoms with Crippen molar-refractivity contribution in [2.24, 2.45) is 10.4 Å². The van der Waals surface area contributed by atoms with Crippen LogP contribution < -0.4 is 10.6 Å². The highest BCUT2D eigenvalue weighted by Crippen LogP contribution is 2.54. The Bertz CT molecular complexity index is 570. The fraction of sp³-hybridized carbons (Fsp3) is 0.778. The molecule has 6 heteroatoms. The van der Waals surface area contributed by atoms with E-state index in [2.05, 4.69) is 27.5 Å². The Labute approximate surface area is 144 Å². The highest BCUT2D eigenvalue weighted by molar-refractivity contribution is 5.80. The van der Waals surface area contributed by atoms with Crippen molar-refractivity contribution in [1.82, 2.24) is 15.6 Å². The molecule has 1 spiro atoms. The summed E-state index contributed by atoms with van der Waals surface area (Å²) >= 11 is 0. The van der Waals surface area contributed by atoms with Crippen molar-refractivity contribution in [3.8, 4) is 0 Å². The third-order valence-corrected chi connectivity index (χ3v) is 5.70. The molecule has 0 aromatic carbocycles. The SMILES string of the molecule is CCOC1CC(NC(=NC)NCc2nc(C)c(C)o2)C12CCCC2. The second kappa shape index (κ2) is 7.13. The molecule has 0 bridgehead atoms. The first-order valence-electron chi connectivity index (χ1n) is 9.10. The summed E-state index contributed by atoms with van der Waals surface area (Å²) in [6, 6.07) is 0.441. The van der Waals surface area contributed by atoms with E-state index in [0.29, 0.717) is 30.0 Å². The predicted molar refractivity (Wildman–Crippen MR) is 94.0 cm³/mol. The fourth-order valence-corrected chi connectivity index (χ4v) is 4.22. The zero-order valence-corrected chi connectivity index (χ0v) is 15.3. The maximum absolute atomic E-state index is 5.98. The summed E-state index contributed by atoms with van der Waals surface area (Å²) in [5.74, 6) is 2.39. The summed E-state index contributed by atoms with van der Waals surface area (Å²) in [4.78, 5) is 8.77. The highest BCUT2D eigenvalue weighted by Gasteiger charge is 2.56. The van der Waals surface area contributed by atoms with Crippen LogP contribution in [0.25, 0.3) is 0 Å². The van der Waals surface area contributed by atoms with E-state index in [-0.39, 0.29) is 0 Å². The van der Waals surface area contributed by atoms with Crippen LogP contribution in [0.4, 0.5) is 0 Å². The molecular weight excluding hydrogens is 304 g/mol. The molecule has 134 valence electrons. The number of hydrogen-bond donors (Lipinski definition) is 2. The molecule has 1 heterocycles. The molecule has 3 rings (SSSR count). The normalized spacial score (nSPS) is 25.8. The third kappa shape index (κ3) is 3.16. The van der Waals surface area contributed by atoms with Crippen LogP contribution in [0.3, 0.4) is 0 Å². The van der Waals surface area contributed by atoms with E-state index in [1.807, 2.05) is 13.8 Å². The minimum atomic E-state index is 0.295. The molecule has 6 nitrogen and oxygen atoms in total. The Morgan fingerprint density at radius 2 is 2.12 bits per heavy atom. The number of ether oxygens (including phenoxy) is 1. The number of nitrogens with zero attached hydrogens (tertiary/aromatic N) is 2. The van der Waals surface area contributed by atoms with Crippen LogP contribution in [-0.2, 0) is 11.3 Å². The van der Waals surface area contributed by atoms with Crippen LogP contribution in [0, 0.1) is 19.3 Å². The van der Waals surface area contributed by atoms with Gasteiger partial charge in [0.1, 0.15) is 5.76 Å². The van der Waals surface area contributed by atoms with Crippen molar-refractivity contribution < 1.29 is 9.15 Å². The van der Waals surface area contributed by atoms with E-state index in [1.165, 1.54) is 25.7 Å². The molecule has 2 fully saturated rings. The second-order valence-electron chi connectivity index (χ2n) is 6.99. The van der Waals surface area contributed by atoms with Crippen LogP contribution in [0.15, 0.2) is 9.41 Å². The number of hydrogen-bond acceptors (Lipinski definition) is 4. The maximum Gasteiger partial charge on any atom is 0.214 e. The lowest BCUT2D eigenvalue weighted by molar-refractivity contribution is -0.125. The number of aromatic nitrogens is 1. The van der Waals surface area contributed by atoms with Crippen LogP contribution in [-0.4, -0.2) is 36.7 Å². The highest BCUT2D eigenvalue weighted by atomic mass is 16.5. The van der Waals surface area contributed by atoms with Gasteiger partial charge in [0.2, 0.25) is 5.89 Å². The molecule has 2 saturated carbocycles. The Morgan fingerprint density at radius 1 is 1.38 bits per heavy atom. The van der Waals surface area contributed by atoms with Crippen molar-refractivity contribution in [3.63, 3.8) is 0 Å². The predicted octanol–water partition coefficient (Wildman–Crippen LogP) is 2.69. The Morgan fingerprint density at radius 3 is 2.71 bits per heavy atom. The van der Waals surface area contributed by atoms with E-state index in [9.17, 15) is 0 Å². The molecule has 2 N–H and O–H groups in total. The molecule has 2 atom stereocenters. The first-order valence-corrected chi connectivity index (χ1v) is 9.10. The molecule has 2 aliphatic rings. The molecule has 0 aliphatic heterocycles. The van der Waals surface area contributed by atoms with Crippen LogP contribution in [0.1, 0.15) is 56.4 Å². The molecular formula is C18H30N4O2. The minimum absolute atomic E-state index is 0.295. The molecule has 2 aliphatic carbocycles. The van der Waals surface area contributed by atoms with Gasteiger partial charge in [0.15, 0.2) is 5.96 Å². The first-order chi connectivity index (χ1) is 11.6. The van der Waals surface area contributed by atoms with Crippen molar-refractivity contribution in [3.05, 3.63) is 17.3 Å². The van der Waals surface area contributed by atoms with E-state index in [1.54, 1.807) is 7.05 Å². The van der Waals surface area contributed by atoms with E-state index in [0.717, 1.165) is 30.4 Å². The summed E-state index contributed by atoms with van der Waals surface area (Å²) in [6.07, 6.45) is 6.59. The number of guanidine groups is 1. The lowest BCUT2D eigenvalue weighted by Gasteiger charge is -2.54. The zero-order chi connectivity index (χ0) is 17.2. The molecule has 2 unspecified atom stereocenters. The lowest BCUT2D eigenvalue weighted by Crippen LogP contribution is -2.65. The molecule has 0 saturated heterocycles. The van der Waals surface area contributed by atoms with Gasteiger partial charge in [-0.15, -0.1) is 0 Å². The van der Waals surface area contributed by atoms with E-state index >= 15 is 0 Å². The molecule has 0 radical (unpaired) electrons. The molecule has 1 aromatic heterocycles. The number of aryl methyl sites for hydroxylation is 2. The fourth-order valence-electron chi connectivity index (χ4n) is 4.22. The average Bonchev–Trinajstić information content (AvgIpc) is 3.19. The van der Waals surface area contributed by atoms with E-state index < -0.39 is 0 Å². The van der Waals surface area contributed by atoms with Gasteiger partial charge in [-0.3, -0.25) is 4.99 Å². The van der Waals surface area contributed by atoms with Crippen molar-refractivity contribution >= 4 is 5.96 Å². The van der Waals surface area contributed by atoms with Gasteiger partial charge in [0.05, 0.1) is 18.3 Å². The van der Waals surface area contributed by atoms with Crippen LogP contribution in [0.2, 0.25) is 0 Å². The first kappa shape index (κ1) is 17.3. The van der Waals surface area contributed by atoms with Gasteiger partial charge in [0, 0.05) is 25.1 Å². The Kier molecular flexibility index (Phi) is 5.13. The monoisotopic (exact) mass is 334 g/mol. The Hall–Kier alpha value is -1.56. The van der Waals surface area contributed by atoms with Gasteiger partial charge in [-0.2, -0.15) is 0 Å². The van der Waals surface area contributed by atoms with Crippen LogP contribution >= 0.6 is 0 Å². The van der Waals surface area contributed by atoms with Gasteiger partial charge in [-0.05, 0) is 40.0 Å². The summed E-state index contributed by atoms with van der Waals surface area (Å²) in [5.41, 5.74) is 1.24. The van der Waals surface area contributed by atoms with Crippen LogP contribution in [0.5, 0.6) is 0 Å². The van der Waals surface area contributed by atoms with Gasteiger partial charge in [-0.25, -0.2) is 4.98 Å². The molecule has 24 heavy (non-hydrogen) atoms. The number of aliphatic imine (C=N–C) groups is 1. The smallest absolute Gasteiger partial charge is 0.214 e. The number of rotatable bonds is 5. The van der Waals surface area contributed by atoms with E-state index in [4.69, 9.17) is 9.15 Å². The Balaban J connectivity index is 1.57.